The van der Waals surface area contributed by atoms with Gasteiger partial charge in [-0.15, -0.1) is 0 Å². The Morgan fingerprint density at radius 2 is 2.16 bits per heavy atom. The van der Waals surface area contributed by atoms with E-state index in [2.05, 4.69) is 56.0 Å². The Balaban J connectivity index is 5.07. The van der Waals surface area contributed by atoms with Crippen molar-refractivity contribution in [3.63, 3.8) is 0 Å². The highest BCUT2D eigenvalue weighted by Crippen LogP contribution is 2.35. The van der Waals surface area contributed by atoms with Crippen LogP contribution in [0.3, 0.4) is 0 Å². The molecule has 0 bridgehead atoms. The first-order valence-corrected chi connectivity index (χ1v) is 9.81. The first-order chi connectivity index (χ1) is 9.38. The predicted molar refractivity (Wildman–Crippen MR) is 95.2 cm³/mol. The molecule has 0 aliphatic carbocycles. The van der Waals surface area contributed by atoms with E-state index in [1.165, 1.54) is 0 Å². The van der Waals surface area contributed by atoms with Crippen LogP contribution in [0.25, 0.3) is 0 Å². The highest BCUT2D eigenvalue weighted by Gasteiger charge is 2.31. The summed E-state index contributed by atoms with van der Waals surface area (Å²) in [5.41, 5.74) is 0. The van der Waals surface area contributed by atoms with Crippen LogP contribution in [0, 0.1) is 17.8 Å². The van der Waals surface area contributed by atoms with Gasteiger partial charge in [0.05, 0.1) is 12.2 Å². The van der Waals surface area contributed by atoms with E-state index in [9.17, 15) is 0 Å². The molecule has 1 unspecified atom stereocenters. The highest BCUT2D eigenvalue weighted by atomic mass is 127. The first-order valence-electron chi connectivity index (χ1n) is 6.92. The van der Waals surface area contributed by atoms with Crippen molar-refractivity contribution in [1.82, 2.24) is 0 Å². The first kappa shape index (κ1) is 17.7. The minimum absolute atomic E-state index is 0.0620. The molecule has 0 rings (SSSR count). The third-order valence-electron chi connectivity index (χ3n) is 3.20. The summed E-state index contributed by atoms with van der Waals surface area (Å²) < 4.78 is 14.2. The molecule has 0 aromatic rings. The molecule has 0 aliphatic rings. The van der Waals surface area contributed by atoms with Gasteiger partial charge < -0.3 is 9.63 Å². The van der Waals surface area contributed by atoms with Gasteiger partial charge in [0.1, 0.15) is 7.57 Å². The summed E-state index contributed by atoms with van der Waals surface area (Å²) in [5, 5.41) is 4.97. The van der Waals surface area contributed by atoms with Crippen molar-refractivity contribution in [3.8, 4) is 0 Å². The zero-order valence-electron chi connectivity index (χ0n) is 13.3. The zero-order valence-corrected chi connectivity index (χ0v) is 15.3. The fourth-order valence-electron chi connectivity index (χ4n) is 2.02. The quantitative estimate of drug-likeness (QED) is 0.200. The monoisotopic (exact) mass is 396 g/mol. The molecule has 0 fully saturated rings. The van der Waals surface area contributed by atoms with Gasteiger partial charge >= 0.3 is 0 Å². The molecule has 0 amide bonds. The molecule has 0 aromatic carbocycles. The smallest absolute Gasteiger partial charge is 0.210 e. The van der Waals surface area contributed by atoms with Crippen LogP contribution in [0.4, 0.5) is 0 Å². The van der Waals surface area contributed by atoms with Crippen molar-refractivity contribution in [3.05, 3.63) is 24.8 Å². The average molecular weight is 396 g/mol. The predicted octanol–water partition coefficient (Wildman–Crippen LogP) is 3.93. The van der Waals surface area contributed by atoms with Gasteiger partial charge in [0.2, 0.25) is 1.43 Å². The third kappa shape index (κ3) is 7.26. The van der Waals surface area contributed by atoms with Crippen LogP contribution in [0.1, 0.15) is 20.8 Å². The van der Waals surface area contributed by atoms with Gasteiger partial charge in [0, 0.05) is 16.3 Å². The van der Waals surface area contributed by atoms with E-state index in [-0.39, 0.29) is 24.0 Å². The second-order valence-electron chi connectivity index (χ2n) is 5.05. The second kappa shape index (κ2) is 10.4. The van der Waals surface area contributed by atoms with Gasteiger partial charge in [-0.2, -0.15) is 0 Å². The number of hydrogen-bond acceptors (Lipinski definition) is 2. The number of halogens is 1. The minimum atomic E-state index is -0.951. The number of aliphatic hydroxyl groups excluding tert-OH is 1. The van der Waals surface area contributed by atoms with Gasteiger partial charge in [-0.05, 0) is 20.6 Å². The van der Waals surface area contributed by atoms with E-state index in [1.54, 1.807) is 6.08 Å². The maximum Gasteiger partial charge on any atom is 0.210 e. The normalized spacial score (nSPS) is 22.3. The second-order valence-corrected chi connectivity index (χ2v) is 7.24. The summed E-state index contributed by atoms with van der Waals surface area (Å²) in [6.45, 7) is 11.8. The van der Waals surface area contributed by atoms with Crippen molar-refractivity contribution in [1.29, 1.82) is 1.43 Å². The summed E-state index contributed by atoms with van der Waals surface area (Å²) >= 11 is 2.32. The fraction of sp³-hybridized carbons (Fsp3) is 0.714. The van der Waals surface area contributed by atoms with E-state index in [0.29, 0.717) is 5.92 Å². The topological polar surface area (TPSA) is 29.5 Å². The van der Waals surface area contributed by atoms with E-state index >= 15 is 0 Å². The van der Waals surface area contributed by atoms with Crippen molar-refractivity contribution in [2.75, 3.05) is 11.1 Å². The molecule has 19 heavy (non-hydrogen) atoms. The van der Waals surface area contributed by atoms with Crippen molar-refractivity contribution >= 4 is 38.2 Å². The largest absolute Gasteiger partial charge is 0.392 e. The molecule has 0 heterocycles. The molecular weight excluding hydrogens is 369 g/mol. The molecule has 1 N–H and O–H groups in total. The lowest BCUT2D eigenvalue weighted by Crippen LogP contribution is -2.38. The van der Waals surface area contributed by atoms with Crippen LogP contribution in [0.5, 0.6) is 0 Å². The van der Waals surface area contributed by atoms with Gasteiger partial charge in [-0.1, -0.05) is 68.2 Å². The fourth-order valence-corrected chi connectivity index (χ4v) is 3.29. The van der Waals surface area contributed by atoms with Crippen LogP contribution in [0.2, 0.25) is 0 Å². The van der Waals surface area contributed by atoms with Crippen LogP contribution in [-0.4, -0.2) is 37.4 Å². The van der Waals surface area contributed by atoms with Gasteiger partial charge in [-0.3, -0.25) is 0 Å². The SMILES string of the molecule is [3H]O[C@@H]([C@H](C)[C@@H](OP([B])C)[C@@H](C)/C=C\C=C)[C@@H](C)CI. The maximum absolute atomic E-state index is 7.36. The van der Waals surface area contributed by atoms with Gasteiger partial charge in [-0.25, -0.2) is 0 Å². The molecule has 0 saturated carbocycles. The van der Waals surface area contributed by atoms with Crippen molar-refractivity contribution in [2.45, 2.75) is 33.0 Å². The molecule has 108 valence electrons. The number of allylic oxidation sites excluding steroid dienone is 2. The van der Waals surface area contributed by atoms with E-state index in [0.717, 1.165) is 4.43 Å². The third-order valence-corrected chi connectivity index (χ3v) is 5.16. The van der Waals surface area contributed by atoms with Gasteiger partial charge in [0.25, 0.3) is 0 Å². The molecule has 0 aliphatic heterocycles. The molecular formula is C14H25BIO2P. The molecule has 5 heteroatoms. The summed E-state index contributed by atoms with van der Waals surface area (Å²) in [4.78, 5) is 0. The van der Waals surface area contributed by atoms with Crippen molar-refractivity contribution in [2.24, 2.45) is 17.8 Å². The lowest BCUT2D eigenvalue weighted by molar-refractivity contribution is 0.00294. The average Bonchev–Trinajstić information content (AvgIpc) is 2.42. The van der Waals surface area contributed by atoms with Crippen molar-refractivity contribution < 1.29 is 9.63 Å². The number of alkyl halides is 1. The number of rotatable bonds is 10. The Hall–Kier alpha value is 0.625. The summed E-state index contributed by atoms with van der Waals surface area (Å²) in [7, 11) is 4.91. The lowest BCUT2D eigenvalue weighted by Gasteiger charge is -2.34. The summed E-state index contributed by atoms with van der Waals surface area (Å²) in [6, 6.07) is 0. The summed E-state index contributed by atoms with van der Waals surface area (Å²) in [5.74, 6) is 0.580. The standard InChI is InChI=1S/C14H25BIO2P/c1-6-7-8-10(2)14(18-19(5)15)12(4)13(17)11(3)9-16/h6-8,10-14,17H,1,9H2,2-5H3/b8-7-/t10-,11-,12-,13+,14-,19?/m0/s1/i17T. The van der Waals surface area contributed by atoms with E-state index < -0.39 is 8.03 Å². The molecule has 2 nitrogen and oxygen atoms in total. The van der Waals surface area contributed by atoms with E-state index in [4.69, 9.17) is 18.6 Å². The van der Waals surface area contributed by atoms with Gasteiger partial charge in [0.15, 0.2) is 0 Å². The maximum atomic E-state index is 7.36. The minimum Gasteiger partial charge on any atom is -0.392 e. The summed E-state index contributed by atoms with van der Waals surface area (Å²) in [6.07, 6.45) is 5.50. The van der Waals surface area contributed by atoms with Crippen LogP contribution < -0.4 is 0 Å². The molecule has 0 spiro atoms. The lowest BCUT2D eigenvalue weighted by atomic mass is 9.85. The van der Waals surface area contributed by atoms with Crippen LogP contribution >= 0.6 is 30.6 Å². The zero-order chi connectivity index (χ0) is 15.7. The molecule has 0 saturated heterocycles. The Morgan fingerprint density at radius 1 is 1.53 bits per heavy atom. The molecule has 2 radical (unpaired) electrons. The van der Waals surface area contributed by atoms with E-state index in [1.807, 2.05) is 12.7 Å². The molecule has 0 aromatic heterocycles. The van der Waals surface area contributed by atoms with Crippen LogP contribution in [-0.2, 0) is 4.52 Å². The number of hydrogen-bond donors (Lipinski definition) is 1. The Morgan fingerprint density at radius 3 is 2.58 bits per heavy atom. The van der Waals surface area contributed by atoms with Crippen LogP contribution in [0.15, 0.2) is 24.8 Å². The molecule has 6 atom stereocenters. The Bertz CT molecular complexity index is 305. The highest BCUT2D eigenvalue weighted by molar-refractivity contribution is 14.1. The Labute approximate surface area is 135 Å². The number of aliphatic hydroxyl groups is 1. The Kier molecular flexibility index (Phi) is 9.64.